The lowest BCUT2D eigenvalue weighted by Crippen LogP contribution is -2.18. The van der Waals surface area contributed by atoms with Crippen LogP contribution >= 0.6 is 0 Å². The Morgan fingerprint density at radius 3 is 2.52 bits per heavy atom. The number of nitrogens with two attached hydrogens (primary N) is 1. The van der Waals surface area contributed by atoms with E-state index < -0.39 is 10.3 Å². The van der Waals surface area contributed by atoms with Gasteiger partial charge in [-0.1, -0.05) is 17.3 Å². The molecule has 23 heavy (non-hydrogen) atoms. The maximum Gasteiger partial charge on any atom is 0.380 e. The van der Waals surface area contributed by atoms with Gasteiger partial charge in [-0.05, 0) is 48.9 Å². The van der Waals surface area contributed by atoms with Crippen LogP contribution in [0, 0.1) is 6.92 Å². The standard InChI is InChI=1S/C15H14N4O3S/c1-11-3-2-4-13(9-11)19-10-15(17-18-19)12-5-7-14(8-6-12)22-23(16,20)21/h2-10H,1H3,(H2,16,20,21). The summed E-state index contributed by atoms with van der Waals surface area (Å²) in [6.07, 6.45) is 1.80. The predicted octanol–water partition coefficient (Wildman–Crippen LogP) is 1.83. The highest BCUT2D eigenvalue weighted by Crippen LogP contribution is 2.21. The largest absolute Gasteiger partial charge is 0.380 e. The summed E-state index contributed by atoms with van der Waals surface area (Å²) in [5.74, 6) is 0.141. The highest BCUT2D eigenvalue weighted by atomic mass is 32.2. The van der Waals surface area contributed by atoms with E-state index in [1.165, 1.54) is 12.1 Å². The summed E-state index contributed by atoms with van der Waals surface area (Å²) in [6.45, 7) is 2.01. The number of nitrogens with zero attached hydrogens (tertiary/aromatic N) is 3. The lowest BCUT2D eigenvalue weighted by molar-refractivity contribution is 0.488. The van der Waals surface area contributed by atoms with Crippen molar-refractivity contribution in [3.8, 4) is 22.7 Å². The number of aryl methyl sites for hydroxylation is 1. The summed E-state index contributed by atoms with van der Waals surface area (Å²) in [4.78, 5) is 0. The van der Waals surface area contributed by atoms with Gasteiger partial charge in [-0.3, -0.25) is 0 Å². The van der Waals surface area contributed by atoms with Crippen LogP contribution in [-0.2, 0) is 10.3 Å². The van der Waals surface area contributed by atoms with Crippen molar-refractivity contribution in [1.82, 2.24) is 15.0 Å². The minimum atomic E-state index is -4.02. The molecule has 0 aliphatic heterocycles. The molecule has 0 fully saturated rings. The van der Waals surface area contributed by atoms with Crippen molar-refractivity contribution in [2.45, 2.75) is 6.92 Å². The summed E-state index contributed by atoms with van der Waals surface area (Å²) in [7, 11) is -4.02. The Balaban J connectivity index is 1.86. The van der Waals surface area contributed by atoms with Crippen molar-refractivity contribution in [1.29, 1.82) is 0 Å². The van der Waals surface area contributed by atoms with Gasteiger partial charge in [-0.15, -0.1) is 5.10 Å². The Morgan fingerprint density at radius 1 is 1.13 bits per heavy atom. The zero-order valence-corrected chi connectivity index (χ0v) is 13.1. The molecule has 0 radical (unpaired) electrons. The molecule has 2 aromatic carbocycles. The zero-order chi connectivity index (χ0) is 16.4. The van der Waals surface area contributed by atoms with E-state index in [4.69, 9.17) is 5.14 Å². The fourth-order valence-electron chi connectivity index (χ4n) is 2.11. The maximum atomic E-state index is 10.9. The second kappa shape index (κ2) is 5.82. The molecule has 3 aromatic rings. The molecule has 0 aliphatic rings. The number of hydrogen-bond acceptors (Lipinski definition) is 5. The fraction of sp³-hybridized carbons (Fsp3) is 0.0667. The predicted molar refractivity (Wildman–Crippen MR) is 85.3 cm³/mol. The van der Waals surface area contributed by atoms with Crippen molar-refractivity contribution in [3.63, 3.8) is 0 Å². The van der Waals surface area contributed by atoms with E-state index in [-0.39, 0.29) is 5.75 Å². The maximum absolute atomic E-state index is 10.9. The molecule has 0 atom stereocenters. The number of hydrogen-bond donors (Lipinski definition) is 1. The molecule has 2 N–H and O–H groups in total. The van der Waals surface area contributed by atoms with Crippen LogP contribution in [0.4, 0.5) is 0 Å². The Kier molecular flexibility index (Phi) is 3.85. The first-order valence-corrected chi connectivity index (χ1v) is 8.20. The smallest absolute Gasteiger partial charge is 0.371 e. The zero-order valence-electron chi connectivity index (χ0n) is 12.2. The van der Waals surface area contributed by atoms with Crippen LogP contribution in [0.3, 0.4) is 0 Å². The third-order valence-electron chi connectivity index (χ3n) is 3.12. The molecule has 3 rings (SSSR count). The van der Waals surface area contributed by atoms with Gasteiger partial charge in [0.1, 0.15) is 11.4 Å². The van der Waals surface area contributed by atoms with Crippen molar-refractivity contribution in [2.75, 3.05) is 0 Å². The second-order valence-corrected chi connectivity index (χ2v) is 6.14. The minimum Gasteiger partial charge on any atom is -0.371 e. The van der Waals surface area contributed by atoms with Crippen molar-refractivity contribution >= 4 is 10.3 Å². The van der Waals surface area contributed by atoms with Crippen LogP contribution in [0.25, 0.3) is 16.9 Å². The van der Waals surface area contributed by atoms with Gasteiger partial charge in [0.2, 0.25) is 0 Å². The second-order valence-electron chi connectivity index (χ2n) is 4.99. The molecule has 1 aromatic heterocycles. The summed E-state index contributed by atoms with van der Waals surface area (Å²) in [5.41, 5.74) is 3.49. The molecule has 0 aliphatic carbocycles. The molecule has 7 nitrogen and oxygen atoms in total. The third-order valence-corrected chi connectivity index (χ3v) is 3.55. The molecule has 0 saturated heterocycles. The summed E-state index contributed by atoms with van der Waals surface area (Å²) in [5, 5.41) is 13.1. The Hall–Kier alpha value is -2.71. The van der Waals surface area contributed by atoms with Gasteiger partial charge >= 0.3 is 10.3 Å². The van der Waals surface area contributed by atoms with Gasteiger partial charge in [0.15, 0.2) is 0 Å². The van der Waals surface area contributed by atoms with Gasteiger partial charge in [0, 0.05) is 5.56 Å². The van der Waals surface area contributed by atoms with E-state index in [9.17, 15) is 8.42 Å². The van der Waals surface area contributed by atoms with E-state index in [1.54, 1.807) is 23.0 Å². The quantitative estimate of drug-likeness (QED) is 0.786. The molecule has 1 heterocycles. The van der Waals surface area contributed by atoms with Gasteiger partial charge < -0.3 is 4.18 Å². The Labute approximate surface area is 133 Å². The molecule has 8 heteroatoms. The lowest BCUT2D eigenvalue weighted by atomic mass is 10.1. The first-order valence-electron chi connectivity index (χ1n) is 6.73. The average molecular weight is 330 g/mol. The van der Waals surface area contributed by atoms with Crippen molar-refractivity contribution in [3.05, 3.63) is 60.3 Å². The first kappa shape index (κ1) is 15.2. The lowest BCUT2D eigenvalue weighted by Gasteiger charge is -2.02. The molecule has 118 valence electrons. The van der Waals surface area contributed by atoms with Crippen molar-refractivity contribution in [2.24, 2.45) is 5.14 Å². The van der Waals surface area contributed by atoms with Gasteiger partial charge in [0.05, 0.1) is 11.9 Å². The Bertz CT molecular complexity index is 933. The number of rotatable bonds is 4. The van der Waals surface area contributed by atoms with Gasteiger partial charge in [-0.2, -0.15) is 13.6 Å². The molecular weight excluding hydrogens is 316 g/mol. The van der Waals surface area contributed by atoms with E-state index in [0.717, 1.165) is 16.8 Å². The fourth-order valence-corrected chi connectivity index (χ4v) is 2.49. The highest BCUT2D eigenvalue weighted by molar-refractivity contribution is 7.84. The first-order chi connectivity index (χ1) is 10.9. The van der Waals surface area contributed by atoms with Crippen molar-refractivity contribution < 1.29 is 12.6 Å². The van der Waals surface area contributed by atoms with E-state index in [0.29, 0.717) is 5.69 Å². The van der Waals surface area contributed by atoms with Crippen LogP contribution in [0.2, 0.25) is 0 Å². The topological polar surface area (TPSA) is 100 Å². The van der Waals surface area contributed by atoms with Gasteiger partial charge in [0.25, 0.3) is 0 Å². The normalized spacial score (nSPS) is 11.4. The number of aromatic nitrogens is 3. The summed E-state index contributed by atoms with van der Waals surface area (Å²) >= 11 is 0. The molecule has 0 saturated carbocycles. The monoisotopic (exact) mass is 330 g/mol. The van der Waals surface area contributed by atoms with E-state index in [2.05, 4.69) is 14.5 Å². The molecule has 0 amide bonds. The van der Waals surface area contributed by atoms with Crippen LogP contribution in [0.15, 0.2) is 54.7 Å². The van der Waals surface area contributed by atoms with E-state index >= 15 is 0 Å². The van der Waals surface area contributed by atoms with E-state index in [1.807, 2.05) is 31.2 Å². The average Bonchev–Trinajstić information content (AvgIpc) is 2.96. The Morgan fingerprint density at radius 2 is 1.87 bits per heavy atom. The summed E-state index contributed by atoms with van der Waals surface area (Å²) < 4.78 is 28.0. The van der Waals surface area contributed by atoms with Crippen LogP contribution in [0.1, 0.15) is 5.56 Å². The molecular formula is C15H14N4O3S. The molecule has 0 unspecified atom stereocenters. The van der Waals surface area contributed by atoms with Crippen LogP contribution in [-0.4, -0.2) is 23.4 Å². The van der Waals surface area contributed by atoms with Gasteiger partial charge in [-0.25, -0.2) is 4.68 Å². The summed E-state index contributed by atoms with van der Waals surface area (Å²) in [6, 6.07) is 14.3. The molecule has 0 spiro atoms. The minimum absolute atomic E-state index is 0.141. The van der Waals surface area contributed by atoms with Crippen LogP contribution in [0.5, 0.6) is 5.75 Å². The SMILES string of the molecule is Cc1cccc(-n2cc(-c3ccc(OS(N)(=O)=O)cc3)nn2)c1. The highest BCUT2D eigenvalue weighted by Gasteiger charge is 2.08. The van der Waals surface area contributed by atoms with Crippen LogP contribution < -0.4 is 9.32 Å². The third kappa shape index (κ3) is 3.74. The molecule has 0 bridgehead atoms. The number of benzene rings is 2.